The number of benzene rings is 2. The lowest BCUT2D eigenvalue weighted by atomic mass is 9.91. The van der Waals surface area contributed by atoms with Crippen LogP contribution in [0.1, 0.15) is 39.8 Å². The molecule has 1 saturated heterocycles. The fraction of sp³-hybridized carbons (Fsp3) is 0.296. The van der Waals surface area contributed by atoms with Gasteiger partial charge < -0.3 is 20.5 Å². The lowest BCUT2D eigenvalue weighted by Gasteiger charge is -2.31. The van der Waals surface area contributed by atoms with Crippen LogP contribution < -0.4 is 15.4 Å². The van der Waals surface area contributed by atoms with Crippen molar-refractivity contribution < 1.29 is 32.6 Å². The Labute approximate surface area is 237 Å². The predicted octanol–water partition coefficient (Wildman–Crippen LogP) is 4.41. The minimum atomic E-state index is -5.08. The molecule has 5 rings (SSSR count). The molecule has 0 unspecified atom stereocenters. The lowest BCUT2D eigenvalue weighted by Crippen LogP contribution is -2.50. The molecular weight excluding hydrogens is 561 g/mol. The number of alkyl halides is 3. The Morgan fingerprint density at radius 1 is 1.12 bits per heavy atom. The second-order valence-electron chi connectivity index (χ2n) is 9.29. The molecule has 5 N–H and O–H groups in total. The van der Waals surface area contributed by atoms with Crippen LogP contribution in [-0.2, 0) is 11.4 Å². The third-order valence-electron chi connectivity index (χ3n) is 6.35. The van der Waals surface area contributed by atoms with Crippen molar-refractivity contribution >= 4 is 35.0 Å². The van der Waals surface area contributed by atoms with Crippen molar-refractivity contribution in [2.75, 3.05) is 13.1 Å². The van der Waals surface area contributed by atoms with E-state index in [1.807, 2.05) is 43.3 Å². The number of nitrogens with zero attached hydrogens (tertiary/aromatic N) is 2. The van der Waals surface area contributed by atoms with Crippen molar-refractivity contribution in [2.45, 2.75) is 38.1 Å². The number of para-hydroxylation sites is 1. The van der Waals surface area contributed by atoms with Gasteiger partial charge in [0.25, 0.3) is 5.91 Å². The summed E-state index contributed by atoms with van der Waals surface area (Å²) in [6.07, 6.45) is -4.23. The molecule has 1 amide bonds. The van der Waals surface area contributed by atoms with Gasteiger partial charge in [-0.3, -0.25) is 20.0 Å². The molecule has 216 valence electrons. The molecule has 1 aliphatic rings. The van der Waals surface area contributed by atoms with E-state index < -0.39 is 12.1 Å². The number of carboxylic acids is 1. The number of fused-ring (bicyclic) bond motifs is 1. The topological polar surface area (TPSA) is 145 Å². The van der Waals surface area contributed by atoms with E-state index in [9.17, 15) is 18.0 Å². The number of hydrogen-bond acceptors (Lipinski definition) is 7. The summed E-state index contributed by atoms with van der Waals surface area (Å²) in [5.74, 6) is -1.34. The molecule has 2 aromatic heterocycles. The number of amides is 1. The van der Waals surface area contributed by atoms with Crippen LogP contribution in [0, 0.1) is 11.7 Å². The van der Waals surface area contributed by atoms with Crippen molar-refractivity contribution in [2.24, 2.45) is 0 Å². The molecule has 10 nitrogen and oxygen atoms in total. The average molecular weight is 589 g/mol. The number of nitrogens with one attached hydrogen (secondary N) is 4. The number of aryl methyl sites for hydroxylation is 1. The molecule has 2 atom stereocenters. The quantitative estimate of drug-likeness (QED) is 0.208. The Morgan fingerprint density at radius 2 is 1.83 bits per heavy atom. The zero-order chi connectivity index (χ0) is 29.6. The minimum absolute atomic E-state index is 0.0689. The fourth-order valence-electron chi connectivity index (χ4n) is 4.43. The van der Waals surface area contributed by atoms with Gasteiger partial charge in [-0.2, -0.15) is 13.2 Å². The number of aliphatic carboxylic acids is 1. The van der Waals surface area contributed by atoms with Gasteiger partial charge >= 0.3 is 12.1 Å². The molecule has 1 fully saturated rings. The van der Waals surface area contributed by atoms with E-state index in [4.69, 9.17) is 26.9 Å². The standard InChI is InChI=1S/C25H26N6O2S.C2HF3O2/c1-15-12-17(19-4-2-3-5-21(19)27-15)14-33-18-8-6-16(7-9-18)24(32)28-22-13-26-11-10-20(22)23-29-25(34)31-30-23;3-2(4,5)1(6)7/h2-9,12,20,22,26H,10-11,13-14H2,1H3,(H,28,32)(H2,29,30,31,34);(H,6,7)/t20-,22+;/m0./s1. The molecule has 0 aliphatic carbocycles. The lowest BCUT2D eigenvalue weighted by molar-refractivity contribution is -0.192. The molecule has 0 bridgehead atoms. The Bertz CT molecular complexity index is 1570. The third-order valence-corrected chi connectivity index (χ3v) is 6.55. The van der Waals surface area contributed by atoms with Crippen molar-refractivity contribution in [3.63, 3.8) is 0 Å². The predicted molar refractivity (Wildman–Crippen MR) is 146 cm³/mol. The number of aromatic nitrogens is 4. The highest BCUT2D eigenvalue weighted by atomic mass is 32.1. The van der Waals surface area contributed by atoms with Crippen LogP contribution in [0.3, 0.4) is 0 Å². The maximum Gasteiger partial charge on any atom is 0.490 e. The summed E-state index contributed by atoms with van der Waals surface area (Å²) in [7, 11) is 0. The number of H-pyrrole nitrogens is 2. The summed E-state index contributed by atoms with van der Waals surface area (Å²) in [5, 5.41) is 20.6. The highest BCUT2D eigenvalue weighted by molar-refractivity contribution is 7.71. The van der Waals surface area contributed by atoms with Gasteiger partial charge in [0.1, 0.15) is 18.2 Å². The zero-order valence-corrected chi connectivity index (χ0v) is 22.6. The van der Waals surface area contributed by atoms with E-state index in [1.165, 1.54) is 0 Å². The first-order valence-corrected chi connectivity index (χ1v) is 13.0. The zero-order valence-electron chi connectivity index (χ0n) is 21.8. The third kappa shape index (κ3) is 7.89. The maximum absolute atomic E-state index is 12.9. The number of rotatable bonds is 6. The van der Waals surface area contributed by atoms with Crippen LogP contribution in [0.25, 0.3) is 10.9 Å². The Balaban J connectivity index is 0.000000493. The van der Waals surface area contributed by atoms with Crippen LogP contribution in [0.15, 0.2) is 54.6 Å². The summed E-state index contributed by atoms with van der Waals surface area (Å²) in [5.41, 5.74) is 3.58. The van der Waals surface area contributed by atoms with Crippen LogP contribution in [-0.4, -0.2) is 62.5 Å². The van der Waals surface area contributed by atoms with Crippen LogP contribution in [0.4, 0.5) is 13.2 Å². The van der Waals surface area contributed by atoms with E-state index in [-0.39, 0.29) is 17.9 Å². The van der Waals surface area contributed by atoms with Gasteiger partial charge in [0, 0.05) is 34.7 Å². The van der Waals surface area contributed by atoms with Crippen molar-refractivity contribution in [3.05, 3.63) is 82.0 Å². The first-order valence-electron chi connectivity index (χ1n) is 12.6. The number of halogens is 3. The van der Waals surface area contributed by atoms with Gasteiger partial charge in [-0.05, 0) is 68.5 Å². The first-order chi connectivity index (χ1) is 19.5. The van der Waals surface area contributed by atoms with Gasteiger partial charge in [-0.15, -0.1) is 0 Å². The Hall–Kier alpha value is -4.30. The van der Waals surface area contributed by atoms with Crippen molar-refractivity contribution in [1.82, 2.24) is 30.8 Å². The molecular formula is C27H27F3N6O4S. The number of carboxylic acid groups (broad SMARTS) is 1. The molecule has 0 radical (unpaired) electrons. The largest absolute Gasteiger partial charge is 0.490 e. The molecule has 1 aliphatic heterocycles. The molecule has 3 heterocycles. The Morgan fingerprint density at radius 3 is 2.49 bits per heavy atom. The van der Waals surface area contributed by atoms with Crippen molar-refractivity contribution in [1.29, 1.82) is 0 Å². The van der Waals surface area contributed by atoms with Gasteiger partial charge in [-0.25, -0.2) is 9.78 Å². The van der Waals surface area contributed by atoms with Gasteiger partial charge in [0.15, 0.2) is 0 Å². The highest BCUT2D eigenvalue weighted by Gasteiger charge is 2.38. The smallest absolute Gasteiger partial charge is 0.489 e. The summed E-state index contributed by atoms with van der Waals surface area (Å²) >= 11 is 5.08. The van der Waals surface area contributed by atoms with Gasteiger partial charge in [-0.1, -0.05) is 18.2 Å². The second-order valence-corrected chi connectivity index (χ2v) is 9.67. The number of ether oxygens (including phenoxy) is 1. The fourth-order valence-corrected chi connectivity index (χ4v) is 4.57. The van der Waals surface area contributed by atoms with Crippen LogP contribution >= 0.6 is 12.2 Å². The normalized spacial score (nSPS) is 16.9. The number of hydrogen-bond donors (Lipinski definition) is 5. The molecule has 0 spiro atoms. The summed E-state index contributed by atoms with van der Waals surface area (Å²) in [4.78, 5) is 30.7. The molecule has 14 heteroatoms. The average Bonchev–Trinajstić information content (AvgIpc) is 3.38. The monoisotopic (exact) mass is 588 g/mol. The second kappa shape index (κ2) is 12.9. The van der Waals surface area contributed by atoms with E-state index in [1.54, 1.807) is 12.1 Å². The van der Waals surface area contributed by atoms with E-state index in [0.29, 0.717) is 29.2 Å². The number of carbonyl (C=O) groups is 2. The number of aromatic amines is 2. The van der Waals surface area contributed by atoms with Crippen molar-refractivity contribution in [3.8, 4) is 5.75 Å². The summed E-state index contributed by atoms with van der Waals surface area (Å²) < 4.78 is 38.2. The van der Waals surface area contributed by atoms with E-state index in [0.717, 1.165) is 41.0 Å². The minimum Gasteiger partial charge on any atom is -0.489 e. The summed E-state index contributed by atoms with van der Waals surface area (Å²) in [6, 6.07) is 17.2. The number of pyridine rings is 1. The summed E-state index contributed by atoms with van der Waals surface area (Å²) in [6.45, 7) is 3.94. The Kier molecular flexibility index (Phi) is 9.35. The SMILES string of the molecule is Cc1cc(COc2ccc(C(=O)N[C@@H]3CNCC[C@@H]3c3nc(=S)[nH][nH]3)cc2)c2ccccc2n1.O=C(O)C(F)(F)F. The van der Waals surface area contributed by atoms with E-state index >= 15 is 0 Å². The highest BCUT2D eigenvalue weighted by Crippen LogP contribution is 2.24. The van der Waals surface area contributed by atoms with Gasteiger partial charge in [0.2, 0.25) is 4.77 Å². The number of carbonyl (C=O) groups excluding carboxylic acids is 1. The molecule has 0 saturated carbocycles. The van der Waals surface area contributed by atoms with Gasteiger partial charge in [0.05, 0.1) is 11.6 Å². The molecule has 4 aromatic rings. The van der Waals surface area contributed by atoms with E-state index in [2.05, 4.69) is 36.9 Å². The maximum atomic E-state index is 12.9. The molecule has 41 heavy (non-hydrogen) atoms. The first kappa shape index (κ1) is 29.7. The molecule has 2 aromatic carbocycles. The van der Waals surface area contributed by atoms with Crippen LogP contribution in [0.2, 0.25) is 0 Å². The number of piperidine rings is 1. The van der Waals surface area contributed by atoms with Crippen LogP contribution in [0.5, 0.6) is 5.75 Å².